The van der Waals surface area contributed by atoms with Crippen molar-refractivity contribution in [1.29, 1.82) is 0 Å². The highest BCUT2D eigenvalue weighted by molar-refractivity contribution is 6.47. The van der Waals surface area contributed by atoms with Crippen molar-refractivity contribution in [2.24, 2.45) is 11.5 Å². The van der Waals surface area contributed by atoms with Crippen LogP contribution in [0.4, 0.5) is 0 Å². The number of hydrogen-bond donors (Lipinski definition) is 5. The molecule has 0 bridgehead atoms. The van der Waals surface area contributed by atoms with Gasteiger partial charge in [-0.15, -0.1) is 0 Å². The maximum atomic E-state index is 12.6. The molecule has 1 atom stereocenters. The minimum absolute atomic E-state index is 0.0266. The van der Waals surface area contributed by atoms with Crippen molar-refractivity contribution in [2.45, 2.75) is 25.5 Å². The van der Waals surface area contributed by atoms with Gasteiger partial charge in [0.25, 0.3) is 5.91 Å². The van der Waals surface area contributed by atoms with Crippen LogP contribution in [0.2, 0.25) is 0 Å². The van der Waals surface area contributed by atoms with Crippen LogP contribution >= 0.6 is 0 Å². The summed E-state index contributed by atoms with van der Waals surface area (Å²) in [5, 5.41) is 22.2. The van der Waals surface area contributed by atoms with Gasteiger partial charge in [-0.25, -0.2) is 4.79 Å². The summed E-state index contributed by atoms with van der Waals surface area (Å²) in [4.78, 5) is 23.9. The fourth-order valence-electron chi connectivity index (χ4n) is 3.12. The van der Waals surface area contributed by atoms with Gasteiger partial charge in [0.05, 0.1) is 11.5 Å². The molecule has 3 rings (SSSR count). The van der Waals surface area contributed by atoms with Gasteiger partial charge in [0.1, 0.15) is 5.75 Å². The van der Waals surface area contributed by atoms with E-state index in [9.17, 15) is 19.7 Å². The number of carboxylic acids is 1. The highest BCUT2D eigenvalue weighted by Gasteiger charge is 2.37. The van der Waals surface area contributed by atoms with Crippen LogP contribution in [0, 0.1) is 0 Å². The average Bonchev–Trinajstić information content (AvgIpc) is 2.67. The van der Waals surface area contributed by atoms with Crippen LogP contribution in [0.5, 0.6) is 5.75 Å². The van der Waals surface area contributed by atoms with E-state index in [1.165, 1.54) is 6.07 Å². The lowest BCUT2D eigenvalue weighted by Gasteiger charge is -2.29. The number of carbonyl (C=O) groups is 2. The number of carboxylic acid groups (broad SMARTS) is 1. The third kappa shape index (κ3) is 3.80. The van der Waals surface area contributed by atoms with E-state index >= 15 is 0 Å². The Balaban J connectivity index is 1.79. The normalized spacial score (nSPS) is 15.7. The Kier molecular flexibility index (Phi) is 5.45. The summed E-state index contributed by atoms with van der Waals surface area (Å²) in [6, 6.07) is 9.77. The molecule has 8 nitrogen and oxygen atoms in total. The predicted octanol–water partition coefficient (Wildman–Crippen LogP) is 0.0554. The van der Waals surface area contributed by atoms with Crippen molar-refractivity contribution < 1.29 is 24.4 Å². The first-order valence-electron chi connectivity index (χ1n) is 8.47. The van der Waals surface area contributed by atoms with Crippen LogP contribution in [0.15, 0.2) is 36.4 Å². The molecule has 1 aliphatic heterocycles. The molecule has 0 unspecified atom stereocenters. The quantitative estimate of drug-likeness (QED) is 0.468. The summed E-state index contributed by atoms with van der Waals surface area (Å²) in [5.41, 5.74) is 14.0. The summed E-state index contributed by atoms with van der Waals surface area (Å²) in [5.74, 6) is -2.13. The minimum Gasteiger partial charge on any atom is -0.534 e. The molecule has 2 aromatic carbocycles. The van der Waals surface area contributed by atoms with E-state index in [1.807, 2.05) is 0 Å². The minimum atomic E-state index is -1.36. The van der Waals surface area contributed by atoms with Crippen LogP contribution in [-0.2, 0) is 19.5 Å². The second-order valence-corrected chi connectivity index (χ2v) is 6.28. The molecule has 1 heterocycles. The first kappa shape index (κ1) is 18.9. The van der Waals surface area contributed by atoms with Gasteiger partial charge >= 0.3 is 13.1 Å². The zero-order chi connectivity index (χ0) is 19.6. The van der Waals surface area contributed by atoms with Gasteiger partial charge < -0.3 is 31.6 Å². The number of benzene rings is 2. The van der Waals surface area contributed by atoms with Gasteiger partial charge in [0.15, 0.2) is 0 Å². The molecule has 7 N–H and O–H groups in total. The Hall–Kier alpha value is -2.88. The van der Waals surface area contributed by atoms with Crippen molar-refractivity contribution in [2.75, 3.05) is 0 Å². The monoisotopic (exact) mass is 369 g/mol. The summed E-state index contributed by atoms with van der Waals surface area (Å²) in [6.07, 6.45) is 0.244. The largest absolute Gasteiger partial charge is 0.547 e. The van der Waals surface area contributed by atoms with E-state index in [0.29, 0.717) is 17.7 Å². The lowest BCUT2D eigenvalue weighted by atomic mass is 9.72. The van der Waals surface area contributed by atoms with Gasteiger partial charge in [-0.3, -0.25) is 4.79 Å². The molecule has 2 aromatic rings. The van der Waals surface area contributed by atoms with Gasteiger partial charge in [-0.1, -0.05) is 18.2 Å². The fraction of sp³-hybridized carbons (Fsp3) is 0.222. The molecule has 1 aliphatic rings. The Labute approximate surface area is 156 Å². The van der Waals surface area contributed by atoms with Crippen LogP contribution in [0.3, 0.4) is 0 Å². The maximum absolute atomic E-state index is 12.6. The molecular weight excluding hydrogens is 349 g/mol. The number of nitrogens with two attached hydrogens (primary N) is 2. The SMILES string of the molecule is NCc1ccc(C(=O)N[C@H]2Cc3cccc(C(=O)O)c3OB2O)cc1CN. The first-order valence-corrected chi connectivity index (χ1v) is 8.47. The van der Waals surface area contributed by atoms with Gasteiger partial charge in [-0.2, -0.15) is 0 Å². The summed E-state index contributed by atoms with van der Waals surface area (Å²) in [7, 11) is -1.36. The van der Waals surface area contributed by atoms with Crippen LogP contribution < -0.4 is 21.4 Å². The van der Waals surface area contributed by atoms with Crippen molar-refractivity contribution in [3.05, 3.63) is 64.2 Å². The number of hydrogen-bond acceptors (Lipinski definition) is 6. The van der Waals surface area contributed by atoms with E-state index in [0.717, 1.165) is 11.1 Å². The Bertz CT molecular complexity index is 889. The maximum Gasteiger partial charge on any atom is 0.547 e. The summed E-state index contributed by atoms with van der Waals surface area (Å²) >= 11 is 0. The van der Waals surface area contributed by atoms with Crippen LogP contribution in [-0.4, -0.2) is 35.1 Å². The van der Waals surface area contributed by atoms with Crippen molar-refractivity contribution in [1.82, 2.24) is 5.32 Å². The van der Waals surface area contributed by atoms with Gasteiger partial charge in [0, 0.05) is 18.7 Å². The van der Waals surface area contributed by atoms with Crippen molar-refractivity contribution in [3.8, 4) is 5.75 Å². The number of nitrogens with one attached hydrogen (secondary N) is 1. The zero-order valence-electron chi connectivity index (χ0n) is 14.5. The highest BCUT2D eigenvalue weighted by atomic mass is 16.5. The Morgan fingerprint density at radius 1 is 1.19 bits per heavy atom. The third-order valence-corrected chi connectivity index (χ3v) is 4.57. The predicted molar refractivity (Wildman–Crippen MR) is 99.2 cm³/mol. The highest BCUT2D eigenvalue weighted by Crippen LogP contribution is 2.30. The van der Waals surface area contributed by atoms with E-state index in [1.54, 1.807) is 30.3 Å². The molecule has 0 fully saturated rings. The lowest BCUT2D eigenvalue weighted by molar-refractivity contribution is 0.0693. The third-order valence-electron chi connectivity index (χ3n) is 4.57. The van der Waals surface area contributed by atoms with Crippen LogP contribution in [0.25, 0.3) is 0 Å². The van der Waals surface area contributed by atoms with Gasteiger partial charge in [0.2, 0.25) is 0 Å². The molecule has 0 spiro atoms. The van der Waals surface area contributed by atoms with E-state index < -0.39 is 24.9 Å². The topological polar surface area (TPSA) is 148 Å². The summed E-state index contributed by atoms with van der Waals surface area (Å²) < 4.78 is 5.38. The Morgan fingerprint density at radius 3 is 2.59 bits per heavy atom. The molecule has 1 amide bonds. The molecule has 140 valence electrons. The lowest BCUT2D eigenvalue weighted by Crippen LogP contribution is -2.53. The molecule has 0 aromatic heterocycles. The average molecular weight is 369 g/mol. The first-order chi connectivity index (χ1) is 12.9. The summed E-state index contributed by atoms with van der Waals surface area (Å²) in [6.45, 7) is 0.584. The van der Waals surface area contributed by atoms with Crippen LogP contribution in [0.1, 0.15) is 37.4 Å². The smallest absolute Gasteiger partial charge is 0.534 e. The fourth-order valence-corrected chi connectivity index (χ4v) is 3.12. The molecule has 0 aliphatic carbocycles. The molecule has 0 saturated carbocycles. The molecule has 0 saturated heterocycles. The number of para-hydroxylation sites is 1. The number of fused-ring (bicyclic) bond motifs is 1. The molecule has 0 radical (unpaired) electrons. The number of carbonyl (C=O) groups excluding carboxylic acids is 1. The van der Waals surface area contributed by atoms with Crippen molar-refractivity contribution in [3.63, 3.8) is 0 Å². The van der Waals surface area contributed by atoms with E-state index in [-0.39, 0.29) is 24.3 Å². The molecule has 27 heavy (non-hydrogen) atoms. The van der Waals surface area contributed by atoms with Crippen molar-refractivity contribution >= 4 is 19.0 Å². The standard InChI is InChI=1S/C18H20BN3O5/c20-8-12-5-4-11(6-13(12)9-21)17(23)22-15-7-10-2-1-3-14(18(24)25)16(10)27-19(15)26/h1-6,15,26H,7-9,20-21H2,(H,22,23)(H,24,25)/t15-/m0/s1. The second kappa shape index (κ2) is 7.79. The number of rotatable bonds is 5. The van der Waals surface area contributed by atoms with E-state index in [2.05, 4.69) is 5.32 Å². The molecule has 9 heteroatoms. The van der Waals surface area contributed by atoms with Gasteiger partial charge in [-0.05, 0) is 41.3 Å². The zero-order valence-corrected chi connectivity index (χ0v) is 14.5. The Morgan fingerprint density at radius 2 is 1.93 bits per heavy atom. The number of amides is 1. The second-order valence-electron chi connectivity index (χ2n) is 6.28. The van der Waals surface area contributed by atoms with E-state index in [4.69, 9.17) is 16.1 Å². The molecular formula is C18H20BN3O5. The number of aromatic carboxylic acids is 1.